The molecule has 21 heavy (non-hydrogen) atoms. The Morgan fingerprint density at radius 1 is 1.38 bits per heavy atom. The molecule has 0 bridgehead atoms. The van der Waals surface area contributed by atoms with Crippen molar-refractivity contribution in [3.8, 4) is 0 Å². The second-order valence-corrected chi connectivity index (χ2v) is 6.25. The topological polar surface area (TPSA) is 78.9 Å². The maximum atomic E-state index is 12.1. The van der Waals surface area contributed by atoms with E-state index >= 15 is 0 Å². The van der Waals surface area contributed by atoms with E-state index in [1.165, 1.54) is 0 Å². The Balaban J connectivity index is 1.81. The third-order valence-corrected chi connectivity index (χ3v) is 4.57. The zero-order valence-electron chi connectivity index (χ0n) is 12.8. The lowest BCUT2D eigenvalue weighted by molar-refractivity contribution is -0.148. The van der Waals surface area contributed by atoms with Gasteiger partial charge >= 0.3 is 5.97 Å². The second kappa shape index (κ2) is 7.22. The van der Waals surface area contributed by atoms with Crippen LogP contribution in [-0.2, 0) is 14.3 Å². The third kappa shape index (κ3) is 4.17. The lowest BCUT2D eigenvalue weighted by Gasteiger charge is -2.26. The van der Waals surface area contributed by atoms with Gasteiger partial charge in [-0.2, -0.15) is 0 Å². The third-order valence-electron chi connectivity index (χ3n) is 4.57. The molecule has 2 heterocycles. The Morgan fingerprint density at radius 3 is 2.71 bits per heavy atom. The van der Waals surface area contributed by atoms with Crippen LogP contribution in [0.4, 0.5) is 0 Å². The summed E-state index contributed by atoms with van der Waals surface area (Å²) in [4.78, 5) is 25.6. The summed E-state index contributed by atoms with van der Waals surface area (Å²) in [7, 11) is 0. The number of nitrogens with zero attached hydrogens (tertiary/aromatic N) is 1. The lowest BCUT2D eigenvalue weighted by atomic mass is 9.83. The summed E-state index contributed by atoms with van der Waals surface area (Å²) in [5.74, 6) is -0.726. The van der Waals surface area contributed by atoms with Crippen molar-refractivity contribution in [3.05, 3.63) is 0 Å². The number of carboxylic acid groups (broad SMARTS) is 1. The molecule has 0 aromatic carbocycles. The van der Waals surface area contributed by atoms with Gasteiger partial charge in [0.1, 0.15) is 0 Å². The number of ether oxygens (including phenoxy) is 1. The highest BCUT2D eigenvalue weighted by atomic mass is 16.5. The van der Waals surface area contributed by atoms with Crippen molar-refractivity contribution < 1.29 is 19.4 Å². The van der Waals surface area contributed by atoms with Crippen LogP contribution in [0.15, 0.2) is 0 Å². The van der Waals surface area contributed by atoms with Crippen LogP contribution >= 0.6 is 0 Å². The molecule has 1 amide bonds. The number of amides is 1. The molecule has 0 radical (unpaired) electrons. The van der Waals surface area contributed by atoms with Crippen LogP contribution < -0.4 is 5.32 Å². The van der Waals surface area contributed by atoms with Gasteiger partial charge < -0.3 is 15.2 Å². The number of carbonyl (C=O) groups is 2. The SMILES string of the molecule is CCCC1(C(=O)O)CCN(CC(=O)NC2CCOCC2)C1. The quantitative estimate of drug-likeness (QED) is 0.760. The Labute approximate surface area is 125 Å². The normalized spacial score (nSPS) is 27.7. The van der Waals surface area contributed by atoms with Crippen LogP contribution in [0.1, 0.15) is 39.0 Å². The second-order valence-electron chi connectivity index (χ2n) is 6.25. The Kier molecular flexibility index (Phi) is 5.58. The molecule has 0 aromatic heterocycles. The van der Waals surface area contributed by atoms with Crippen molar-refractivity contribution >= 4 is 11.9 Å². The summed E-state index contributed by atoms with van der Waals surface area (Å²) < 4.78 is 5.27. The van der Waals surface area contributed by atoms with E-state index in [9.17, 15) is 14.7 Å². The molecule has 2 N–H and O–H groups in total. The number of nitrogens with one attached hydrogen (secondary N) is 1. The van der Waals surface area contributed by atoms with Crippen LogP contribution in [0.3, 0.4) is 0 Å². The standard InChI is InChI=1S/C15H26N2O4/c1-2-5-15(14(19)20)6-7-17(11-15)10-13(18)16-12-3-8-21-9-4-12/h12H,2-11H2,1H3,(H,16,18)(H,19,20). The maximum absolute atomic E-state index is 12.1. The summed E-state index contributed by atoms with van der Waals surface area (Å²) in [6, 6.07) is 0.203. The molecule has 2 rings (SSSR count). The summed E-state index contributed by atoms with van der Waals surface area (Å²) in [5.41, 5.74) is -0.659. The minimum Gasteiger partial charge on any atom is -0.481 e. The maximum Gasteiger partial charge on any atom is 0.310 e. The van der Waals surface area contributed by atoms with Gasteiger partial charge in [-0.1, -0.05) is 13.3 Å². The summed E-state index contributed by atoms with van der Waals surface area (Å²) in [5, 5.41) is 12.5. The first-order chi connectivity index (χ1) is 10.1. The average molecular weight is 298 g/mol. The van der Waals surface area contributed by atoms with Crippen LogP contribution in [0.2, 0.25) is 0 Å². The van der Waals surface area contributed by atoms with Gasteiger partial charge in [0, 0.05) is 25.8 Å². The minimum atomic E-state index is -0.725. The molecule has 0 spiro atoms. The van der Waals surface area contributed by atoms with E-state index < -0.39 is 11.4 Å². The molecule has 120 valence electrons. The molecular formula is C15H26N2O4. The van der Waals surface area contributed by atoms with Crippen molar-refractivity contribution in [2.75, 3.05) is 32.8 Å². The zero-order chi connectivity index (χ0) is 15.3. The van der Waals surface area contributed by atoms with Gasteiger partial charge in [-0.25, -0.2) is 0 Å². The predicted molar refractivity (Wildman–Crippen MR) is 78.0 cm³/mol. The molecule has 1 atom stereocenters. The van der Waals surface area contributed by atoms with Gasteiger partial charge in [-0.3, -0.25) is 14.5 Å². The van der Waals surface area contributed by atoms with Crippen LogP contribution in [0.5, 0.6) is 0 Å². The smallest absolute Gasteiger partial charge is 0.310 e. The van der Waals surface area contributed by atoms with Gasteiger partial charge in [-0.15, -0.1) is 0 Å². The number of aliphatic carboxylic acids is 1. The van der Waals surface area contributed by atoms with Gasteiger partial charge in [-0.05, 0) is 32.2 Å². The molecule has 2 saturated heterocycles. The number of likely N-dealkylation sites (tertiary alicyclic amines) is 1. The van der Waals surface area contributed by atoms with E-state index in [-0.39, 0.29) is 11.9 Å². The monoisotopic (exact) mass is 298 g/mol. The van der Waals surface area contributed by atoms with Crippen LogP contribution in [-0.4, -0.2) is 60.8 Å². The van der Waals surface area contributed by atoms with E-state index in [1.807, 2.05) is 11.8 Å². The highest BCUT2D eigenvalue weighted by Gasteiger charge is 2.44. The van der Waals surface area contributed by atoms with Gasteiger partial charge in [0.2, 0.25) is 5.91 Å². The molecule has 6 heteroatoms. The predicted octanol–water partition coefficient (Wildman–Crippen LogP) is 0.858. The van der Waals surface area contributed by atoms with E-state index in [2.05, 4.69) is 5.32 Å². The molecule has 0 aliphatic carbocycles. The minimum absolute atomic E-state index is 0.000382. The Hall–Kier alpha value is -1.14. The molecule has 0 aromatic rings. The average Bonchev–Trinajstić information content (AvgIpc) is 2.84. The Bertz CT molecular complexity index is 382. The largest absolute Gasteiger partial charge is 0.481 e. The van der Waals surface area contributed by atoms with Gasteiger partial charge in [0.05, 0.1) is 12.0 Å². The van der Waals surface area contributed by atoms with Crippen molar-refractivity contribution in [1.82, 2.24) is 10.2 Å². The zero-order valence-corrected chi connectivity index (χ0v) is 12.8. The molecule has 0 saturated carbocycles. The van der Waals surface area contributed by atoms with Crippen molar-refractivity contribution in [1.29, 1.82) is 0 Å². The van der Waals surface area contributed by atoms with Gasteiger partial charge in [0.25, 0.3) is 0 Å². The highest BCUT2D eigenvalue weighted by Crippen LogP contribution is 2.35. The number of hydrogen-bond donors (Lipinski definition) is 2. The number of carboxylic acids is 1. The number of rotatable bonds is 6. The van der Waals surface area contributed by atoms with E-state index in [0.29, 0.717) is 45.7 Å². The highest BCUT2D eigenvalue weighted by molar-refractivity contribution is 5.79. The molecule has 2 fully saturated rings. The first-order valence-corrected chi connectivity index (χ1v) is 7.88. The molecule has 1 unspecified atom stereocenters. The molecule has 2 aliphatic rings. The fraction of sp³-hybridized carbons (Fsp3) is 0.867. The molecule has 2 aliphatic heterocycles. The first-order valence-electron chi connectivity index (χ1n) is 7.88. The molecule has 6 nitrogen and oxygen atoms in total. The van der Waals surface area contributed by atoms with Crippen molar-refractivity contribution in [3.63, 3.8) is 0 Å². The lowest BCUT2D eigenvalue weighted by Crippen LogP contribution is -2.44. The summed E-state index contributed by atoms with van der Waals surface area (Å²) >= 11 is 0. The van der Waals surface area contributed by atoms with Crippen LogP contribution in [0, 0.1) is 5.41 Å². The fourth-order valence-corrected chi connectivity index (χ4v) is 3.38. The fourth-order valence-electron chi connectivity index (χ4n) is 3.38. The summed E-state index contributed by atoms with van der Waals surface area (Å²) in [6.07, 6.45) is 3.90. The summed E-state index contributed by atoms with van der Waals surface area (Å²) in [6.45, 7) is 4.88. The first kappa shape index (κ1) is 16.2. The van der Waals surface area contributed by atoms with Crippen molar-refractivity contribution in [2.24, 2.45) is 5.41 Å². The van der Waals surface area contributed by atoms with E-state index in [1.54, 1.807) is 0 Å². The number of hydrogen-bond acceptors (Lipinski definition) is 4. The van der Waals surface area contributed by atoms with Crippen molar-refractivity contribution in [2.45, 2.75) is 45.1 Å². The van der Waals surface area contributed by atoms with Crippen LogP contribution in [0.25, 0.3) is 0 Å². The van der Waals surface area contributed by atoms with E-state index in [0.717, 1.165) is 19.3 Å². The van der Waals surface area contributed by atoms with Gasteiger partial charge in [0.15, 0.2) is 0 Å². The van der Waals surface area contributed by atoms with E-state index in [4.69, 9.17) is 4.74 Å². The number of carbonyl (C=O) groups excluding carboxylic acids is 1. The molecular weight excluding hydrogens is 272 g/mol. The Morgan fingerprint density at radius 2 is 2.10 bits per heavy atom.